The van der Waals surface area contributed by atoms with E-state index in [1.54, 1.807) is 6.20 Å². The third-order valence-corrected chi connectivity index (χ3v) is 3.08. The fourth-order valence-corrected chi connectivity index (χ4v) is 1.91. The summed E-state index contributed by atoms with van der Waals surface area (Å²) < 4.78 is 0.979. The smallest absolute Gasteiger partial charge is 0.238 e. The molecule has 0 radical (unpaired) electrons. The molecule has 104 valence electrons. The van der Waals surface area contributed by atoms with Gasteiger partial charge in [0.15, 0.2) is 0 Å². The van der Waals surface area contributed by atoms with E-state index in [0.29, 0.717) is 6.54 Å². The lowest BCUT2D eigenvalue weighted by Crippen LogP contribution is -2.28. The molecular formula is C14H15BrN4O. The molecule has 0 spiro atoms. The molecule has 2 N–H and O–H groups in total. The van der Waals surface area contributed by atoms with Crippen molar-refractivity contribution >= 4 is 27.5 Å². The summed E-state index contributed by atoms with van der Waals surface area (Å²) in [6, 6.07) is 9.28. The quantitative estimate of drug-likeness (QED) is 0.880. The zero-order chi connectivity index (χ0) is 14.4. The Morgan fingerprint density at radius 2 is 2.00 bits per heavy atom. The summed E-state index contributed by atoms with van der Waals surface area (Å²) in [5.74, 6) is 0.640. The standard InChI is InChI=1S/C14H15BrN4O/c1-10-17-7-6-13(18-10)8-16-9-14(20)19-12-4-2-11(15)3-5-12/h2-7,16H,8-9H2,1H3,(H,19,20). The van der Waals surface area contributed by atoms with Crippen LogP contribution in [0.3, 0.4) is 0 Å². The van der Waals surface area contributed by atoms with Gasteiger partial charge in [0, 0.05) is 22.9 Å². The molecule has 0 aliphatic rings. The highest BCUT2D eigenvalue weighted by Gasteiger charge is 2.02. The number of carbonyl (C=O) groups is 1. The Morgan fingerprint density at radius 3 is 2.70 bits per heavy atom. The number of rotatable bonds is 5. The van der Waals surface area contributed by atoms with Crippen molar-refractivity contribution < 1.29 is 4.79 Å². The molecule has 1 heterocycles. The van der Waals surface area contributed by atoms with Gasteiger partial charge >= 0.3 is 0 Å². The minimum Gasteiger partial charge on any atom is -0.325 e. The summed E-state index contributed by atoms with van der Waals surface area (Å²) in [5, 5.41) is 5.86. The van der Waals surface area contributed by atoms with Crippen LogP contribution in [0.4, 0.5) is 5.69 Å². The van der Waals surface area contributed by atoms with Crippen molar-refractivity contribution in [2.45, 2.75) is 13.5 Å². The van der Waals surface area contributed by atoms with Crippen LogP contribution in [-0.4, -0.2) is 22.4 Å². The molecule has 0 atom stereocenters. The number of aromatic nitrogens is 2. The number of nitrogens with zero attached hydrogens (tertiary/aromatic N) is 2. The van der Waals surface area contributed by atoms with Crippen LogP contribution in [0.1, 0.15) is 11.5 Å². The monoisotopic (exact) mass is 334 g/mol. The van der Waals surface area contributed by atoms with Crippen LogP contribution in [-0.2, 0) is 11.3 Å². The lowest BCUT2D eigenvalue weighted by Gasteiger charge is -2.07. The van der Waals surface area contributed by atoms with Crippen LogP contribution in [0, 0.1) is 6.92 Å². The van der Waals surface area contributed by atoms with Gasteiger partial charge in [0.1, 0.15) is 5.82 Å². The minimum absolute atomic E-state index is 0.0851. The first-order valence-electron chi connectivity index (χ1n) is 6.18. The predicted octanol–water partition coefficient (Wildman–Crippen LogP) is 2.28. The van der Waals surface area contributed by atoms with Crippen molar-refractivity contribution in [3.63, 3.8) is 0 Å². The number of amides is 1. The highest BCUT2D eigenvalue weighted by Crippen LogP contribution is 2.13. The molecular weight excluding hydrogens is 320 g/mol. The molecule has 0 saturated heterocycles. The fraction of sp³-hybridized carbons (Fsp3) is 0.214. The second kappa shape index (κ2) is 7.12. The average molecular weight is 335 g/mol. The van der Waals surface area contributed by atoms with Crippen molar-refractivity contribution in [2.75, 3.05) is 11.9 Å². The number of aryl methyl sites for hydroxylation is 1. The van der Waals surface area contributed by atoms with E-state index in [1.807, 2.05) is 37.3 Å². The second-order valence-corrected chi connectivity index (χ2v) is 5.17. The Morgan fingerprint density at radius 1 is 1.25 bits per heavy atom. The lowest BCUT2D eigenvalue weighted by atomic mass is 10.3. The van der Waals surface area contributed by atoms with Crippen LogP contribution < -0.4 is 10.6 Å². The summed E-state index contributed by atoms with van der Waals surface area (Å²) in [6.07, 6.45) is 1.71. The molecule has 2 aromatic rings. The van der Waals surface area contributed by atoms with E-state index in [0.717, 1.165) is 21.7 Å². The van der Waals surface area contributed by atoms with Gasteiger partial charge in [-0.2, -0.15) is 0 Å². The Kier molecular flexibility index (Phi) is 5.20. The third-order valence-electron chi connectivity index (χ3n) is 2.55. The third kappa shape index (κ3) is 4.71. The molecule has 1 aromatic heterocycles. The maximum absolute atomic E-state index is 11.7. The van der Waals surface area contributed by atoms with Crippen molar-refractivity contribution in [2.24, 2.45) is 0 Å². The first-order valence-corrected chi connectivity index (χ1v) is 6.97. The first kappa shape index (κ1) is 14.6. The van der Waals surface area contributed by atoms with Gasteiger partial charge in [0.05, 0.1) is 12.2 Å². The Hall–Kier alpha value is -1.79. The molecule has 6 heteroatoms. The number of hydrogen-bond acceptors (Lipinski definition) is 4. The van der Waals surface area contributed by atoms with Gasteiger partial charge in [-0.3, -0.25) is 4.79 Å². The summed E-state index contributed by atoms with van der Waals surface area (Å²) in [5.41, 5.74) is 1.65. The summed E-state index contributed by atoms with van der Waals surface area (Å²) in [7, 11) is 0. The highest BCUT2D eigenvalue weighted by atomic mass is 79.9. The number of anilines is 1. The maximum atomic E-state index is 11.7. The highest BCUT2D eigenvalue weighted by molar-refractivity contribution is 9.10. The van der Waals surface area contributed by atoms with Gasteiger partial charge in [0.2, 0.25) is 5.91 Å². The molecule has 0 aliphatic carbocycles. The fourth-order valence-electron chi connectivity index (χ4n) is 1.65. The SMILES string of the molecule is Cc1nccc(CNCC(=O)Nc2ccc(Br)cc2)n1. The summed E-state index contributed by atoms with van der Waals surface area (Å²) >= 11 is 3.35. The largest absolute Gasteiger partial charge is 0.325 e. The summed E-state index contributed by atoms with van der Waals surface area (Å²) in [4.78, 5) is 20.0. The van der Waals surface area contributed by atoms with Crippen molar-refractivity contribution in [1.82, 2.24) is 15.3 Å². The normalized spacial score (nSPS) is 10.3. The number of benzene rings is 1. The molecule has 0 fully saturated rings. The van der Waals surface area contributed by atoms with Gasteiger partial charge in [-0.1, -0.05) is 15.9 Å². The van der Waals surface area contributed by atoms with Crippen molar-refractivity contribution in [3.05, 3.63) is 52.5 Å². The number of halogens is 1. The van der Waals surface area contributed by atoms with E-state index in [-0.39, 0.29) is 12.5 Å². The van der Waals surface area contributed by atoms with Gasteiger partial charge < -0.3 is 10.6 Å². The molecule has 0 bridgehead atoms. The average Bonchev–Trinajstić information content (AvgIpc) is 2.41. The van der Waals surface area contributed by atoms with E-state index in [2.05, 4.69) is 36.5 Å². The molecule has 0 unspecified atom stereocenters. The van der Waals surface area contributed by atoms with Gasteiger partial charge in [-0.05, 0) is 37.3 Å². The van der Waals surface area contributed by atoms with Crippen LogP contribution in [0.5, 0.6) is 0 Å². The maximum Gasteiger partial charge on any atom is 0.238 e. The van der Waals surface area contributed by atoms with E-state index in [1.165, 1.54) is 0 Å². The van der Waals surface area contributed by atoms with Crippen molar-refractivity contribution in [3.8, 4) is 0 Å². The van der Waals surface area contributed by atoms with E-state index in [4.69, 9.17) is 0 Å². The van der Waals surface area contributed by atoms with E-state index >= 15 is 0 Å². The van der Waals surface area contributed by atoms with Gasteiger partial charge in [-0.25, -0.2) is 9.97 Å². The predicted molar refractivity (Wildman–Crippen MR) is 81.2 cm³/mol. The molecule has 1 amide bonds. The van der Waals surface area contributed by atoms with Gasteiger partial charge in [0.25, 0.3) is 0 Å². The molecule has 0 saturated carbocycles. The lowest BCUT2D eigenvalue weighted by molar-refractivity contribution is -0.115. The van der Waals surface area contributed by atoms with Crippen molar-refractivity contribution in [1.29, 1.82) is 0 Å². The Balaban J connectivity index is 1.76. The van der Waals surface area contributed by atoms with E-state index in [9.17, 15) is 4.79 Å². The summed E-state index contributed by atoms with van der Waals surface area (Å²) in [6.45, 7) is 2.61. The minimum atomic E-state index is -0.0851. The Labute approximate surface area is 126 Å². The zero-order valence-corrected chi connectivity index (χ0v) is 12.6. The van der Waals surface area contributed by atoms with Crippen LogP contribution in [0.25, 0.3) is 0 Å². The topological polar surface area (TPSA) is 66.9 Å². The van der Waals surface area contributed by atoms with Crippen LogP contribution in [0.15, 0.2) is 41.0 Å². The van der Waals surface area contributed by atoms with E-state index < -0.39 is 0 Å². The number of nitrogens with one attached hydrogen (secondary N) is 2. The molecule has 2 rings (SSSR count). The van der Waals surface area contributed by atoms with Crippen LogP contribution in [0.2, 0.25) is 0 Å². The molecule has 20 heavy (non-hydrogen) atoms. The molecule has 1 aromatic carbocycles. The Bertz CT molecular complexity index is 586. The zero-order valence-electron chi connectivity index (χ0n) is 11.1. The second-order valence-electron chi connectivity index (χ2n) is 4.25. The molecule has 5 nitrogen and oxygen atoms in total. The number of carbonyl (C=O) groups excluding carboxylic acids is 1. The molecule has 0 aliphatic heterocycles. The number of hydrogen-bond donors (Lipinski definition) is 2. The first-order chi connectivity index (χ1) is 9.63. The van der Waals surface area contributed by atoms with Gasteiger partial charge in [-0.15, -0.1) is 0 Å². The van der Waals surface area contributed by atoms with Crippen LogP contribution >= 0.6 is 15.9 Å².